The van der Waals surface area contributed by atoms with Crippen LogP contribution in [0.4, 0.5) is 5.69 Å². The molecule has 0 spiro atoms. The number of hydrogen-bond donors (Lipinski definition) is 1. The first-order valence-corrected chi connectivity index (χ1v) is 8.33. The first-order chi connectivity index (χ1) is 12.0. The Morgan fingerprint density at radius 3 is 2.32 bits per heavy atom. The summed E-state index contributed by atoms with van der Waals surface area (Å²) < 4.78 is 5.20. The van der Waals surface area contributed by atoms with Gasteiger partial charge in [0.05, 0.1) is 19.1 Å². The molecule has 1 saturated heterocycles. The van der Waals surface area contributed by atoms with Gasteiger partial charge >= 0.3 is 0 Å². The van der Waals surface area contributed by atoms with Crippen LogP contribution in [0, 0.1) is 12.8 Å². The van der Waals surface area contributed by atoms with Gasteiger partial charge in [0.1, 0.15) is 5.75 Å². The molecule has 130 valence electrons. The van der Waals surface area contributed by atoms with Crippen LogP contribution in [-0.2, 0) is 9.59 Å². The van der Waals surface area contributed by atoms with Gasteiger partial charge in [0, 0.05) is 12.1 Å². The zero-order valence-corrected chi connectivity index (χ0v) is 14.4. The van der Waals surface area contributed by atoms with Crippen LogP contribution in [0.2, 0.25) is 0 Å². The predicted octanol–water partition coefficient (Wildman–Crippen LogP) is 2.97. The molecule has 1 aliphatic rings. The maximum atomic E-state index is 12.7. The maximum Gasteiger partial charge on any atom is 0.227 e. The Kier molecular flexibility index (Phi) is 4.74. The number of carbonyl (C=O) groups excluding carboxylic acids is 2. The van der Waals surface area contributed by atoms with E-state index in [0.29, 0.717) is 12.8 Å². The Bertz CT molecular complexity index is 769. The zero-order chi connectivity index (χ0) is 18.0. The van der Waals surface area contributed by atoms with E-state index in [1.807, 2.05) is 55.5 Å². The number of amides is 2. The summed E-state index contributed by atoms with van der Waals surface area (Å²) in [5, 5.41) is 0. The third-order valence-electron chi connectivity index (χ3n) is 4.73. The van der Waals surface area contributed by atoms with Crippen molar-refractivity contribution in [2.45, 2.75) is 25.8 Å². The summed E-state index contributed by atoms with van der Waals surface area (Å²) in [6, 6.07) is 14.8. The lowest BCUT2D eigenvalue weighted by Gasteiger charge is -2.40. The second kappa shape index (κ2) is 6.97. The second-order valence-corrected chi connectivity index (χ2v) is 6.36. The van der Waals surface area contributed by atoms with Crippen molar-refractivity contribution in [1.29, 1.82) is 0 Å². The molecule has 2 aromatic carbocycles. The van der Waals surface area contributed by atoms with Crippen molar-refractivity contribution in [3.8, 4) is 5.75 Å². The van der Waals surface area contributed by atoms with Crippen LogP contribution < -0.4 is 15.4 Å². The largest absolute Gasteiger partial charge is 0.497 e. The average Bonchev–Trinajstić information content (AvgIpc) is 2.62. The van der Waals surface area contributed by atoms with Crippen molar-refractivity contribution in [3.05, 3.63) is 59.7 Å². The van der Waals surface area contributed by atoms with E-state index in [9.17, 15) is 9.59 Å². The Hall–Kier alpha value is -2.82. The molecule has 0 saturated carbocycles. The Balaban J connectivity index is 2.07. The fraction of sp³-hybridized carbons (Fsp3) is 0.300. The fourth-order valence-corrected chi connectivity index (χ4v) is 3.38. The van der Waals surface area contributed by atoms with E-state index in [2.05, 4.69) is 0 Å². The Morgan fingerprint density at radius 1 is 1.12 bits per heavy atom. The number of rotatable bonds is 4. The molecule has 2 N–H and O–H groups in total. The van der Waals surface area contributed by atoms with Gasteiger partial charge in [-0.2, -0.15) is 0 Å². The summed E-state index contributed by atoms with van der Waals surface area (Å²) >= 11 is 0. The van der Waals surface area contributed by atoms with E-state index in [0.717, 1.165) is 22.6 Å². The molecule has 1 fully saturated rings. The first-order valence-electron chi connectivity index (χ1n) is 8.33. The fourth-order valence-electron chi connectivity index (χ4n) is 3.38. The second-order valence-electron chi connectivity index (χ2n) is 6.36. The normalized spacial score (nSPS) is 20.4. The number of methoxy groups -OCH3 is 1. The van der Waals surface area contributed by atoms with Crippen molar-refractivity contribution in [1.82, 2.24) is 0 Å². The Morgan fingerprint density at radius 2 is 1.76 bits per heavy atom. The van der Waals surface area contributed by atoms with Crippen LogP contribution in [0.15, 0.2) is 48.5 Å². The van der Waals surface area contributed by atoms with Gasteiger partial charge in [-0.3, -0.25) is 9.59 Å². The number of nitrogens with two attached hydrogens (primary N) is 1. The third-order valence-corrected chi connectivity index (χ3v) is 4.73. The van der Waals surface area contributed by atoms with Gasteiger partial charge in [0.25, 0.3) is 0 Å². The number of ether oxygens (including phenoxy) is 1. The van der Waals surface area contributed by atoms with Crippen LogP contribution in [0.5, 0.6) is 5.75 Å². The highest BCUT2D eigenvalue weighted by Crippen LogP contribution is 2.40. The van der Waals surface area contributed by atoms with Crippen molar-refractivity contribution in [3.63, 3.8) is 0 Å². The van der Waals surface area contributed by atoms with Gasteiger partial charge in [-0.1, -0.05) is 29.8 Å². The highest BCUT2D eigenvalue weighted by molar-refractivity contribution is 5.97. The number of nitrogens with zero attached hydrogens (tertiary/aromatic N) is 1. The lowest BCUT2D eigenvalue weighted by molar-refractivity contribution is -0.127. The maximum absolute atomic E-state index is 12.7. The zero-order valence-electron chi connectivity index (χ0n) is 14.4. The molecule has 1 aliphatic heterocycles. The monoisotopic (exact) mass is 338 g/mol. The molecule has 5 nitrogen and oxygen atoms in total. The molecule has 0 bridgehead atoms. The molecule has 0 aliphatic carbocycles. The SMILES string of the molecule is COc1ccc([C@@H]2[C@H](C(N)=O)CCC(=O)N2c2ccc(C)cc2)cc1. The summed E-state index contributed by atoms with van der Waals surface area (Å²) in [4.78, 5) is 26.5. The number of carbonyl (C=O) groups is 2. The van der Waals surface area contributed by atoms with Crippen LogP contribution in [0.25, 0.3) is 0 Å². The van der Waals surface area contributed by atoms with E-state index in [-0.39, 0.29) is 11.8 Å². The van der Waals surface area contributed by atoms with Crippen LogP contribution in [0.1, 0.15) is 30.0 Å². The smallest absolute Gasteiger partial charge is 0.227 e. The quantitative estimate of drug-likeness (QED) is 0.931. The minimum Gasteiger partial charge on any atom is -0.497 e. The summed E-state index contributed by atoms with van der Waals surface area (Å²) in [6.45, 7) is 2.00. The summed E-state index contributed by atoms with van der Waals surface area (Å²) in [7, 11) is 1.60. The first kappa shape index (κ1) is 17.0. The summed E-state index contributed by atoms with van der Waals surface area (Å²) in [5.74, 6) is -0.0802. The molecule has 1 heterocycles. The van der Waals surface area contributed by atoms with Crippen molar-refractivity contribution < 1.29 is 14.3 Å². The Labute approximate surface area is 147 Å². The lowest BCUT2D eigenvalue weighted by Crippen LogP contribution is -2.47. The molecular weight excluding hydrogens is 316 g/mol. The van der Waals surface area contributed by atoms with Crippen molar-refractivity contribution in [2.75, 3.05) is 12.0 Å². The van der Waals surface area contributed by atoms with Crippen molar-refractivity contribution >= 4 is 17.5 Å². The predicted molar refractivity (Wildman–Crippen MR) is 96.3 cm³/mol. The molecule has 0 unspecified atom stereocenters. The molecule has 2 atom stereocenters. The topological polar surface area (TPSA) is 72.6 Å². The molecule has 5 heteroatoms. The summed E-state index contributed by atoms with van der Waals surface area (Å²) in [6.07, 6.45) is 0.779. The van der Waals surface area contributed by atoms with E-state index < -0.39 is 12.0 Å². The molecule has 0 aromatic heterocycles. The van der Waals surface area contributed by atoms with Gasteiger partial charge in [-0.15, -0.1) is 0 Å². The van der Waals surface area contributed by atoms with Gasteiger partial charge in [0.15, 0.2) is 0 Å². The highest BCUT2D eigenvalue weighted by atomic mass is 16.5. The van der Waals surface area contributed by atoms with Crippen LogP contribution in [-0.4, -0.2) is 18.9 Å². The van der Waals surface area contributed by atoms with Crippen LogP contribution >= 0.6 is 0 Å². The minimum absolute atomic E-state index is 0.00201. The molecular formula is C20H22N2O3. The molecule has 2 aromatic rings. The number of piperidine rings is 1. The number of primary amides is 1. The van der Waals surface area contributed by atoms with Gasteiger partial charge in [0.2, 0.25) is 11.8 Å². The number of benzene rings is 2. The minimum atomic E-state index is -0.424. The lowest BCUT2D eigenvalue weighted by atomic mass is 9.83. The molecule has 0 radical (unpaired) electrons. The van der Waals surface area contributed by atoms with Gasteiger partial charge < -0.3 is 15.4 Å². The van der Waals surface area contributed by atoms with E-state index in [4.69, 9.17) is 10.5 Å². The number of hydrogen-bond acceptors (Lipinski definition) is 3. The van der Waals surface area contributed by atoms with Crippen LogP contribution in [0.3, 0.4) is 0 Å². The average molecular weight is 338 g/mol. The van der Waals surface area contributed by atoms with E-state index >= 15 is 0 Å². The van der Waals surface area contributed by atoms with Gasteiger partial charge in [-0.25, -0.2) is 0 Å². The van der Waals surface area contributed by atoms with Crippen molar-refractivity contribution in [2.24, 2.45) is 11.7 Å². The van der Waals surface area contributed by atoms with E-state index in [1.165, 1.54) is 0 Å². The highest BCUT2D eigenvalue weighted by Gasteiger charge is 2.40. The van der Waals surface area contributed by atoms with Gasteiger partial charge in [-0.05, 0) is 43.2 Å². The van der Waals surface area contributed by atoms with E-state index in [1.54, 1.807) is 12.0 Å². The summed E-state index contributed by atoms with van der Waals surface area (Å²) in [5.41, 5.74) is 8.42. The molecule has 3 rings (SSSR count). The molecule has 25 heavy (non-hydrogen) atoms. The standard InChI is InChI=1S/C20H22N2O3/c1-13-3-7-15(8-4-13)22-18(23)12-11-17(20(21)24)19(22)14-5-9-16(25-2)10-6-14/h3-10,17,19H,11-12H2,1-2H3,(H2,21,24)/t17-,19-/m1/s1. The number of aryl methyl sites for hydroxylation is 1. The number of anilines is 1. The molecule has 2 amide bonds. The third kappa shape index (κ3) is 3.36.